The minimum absolute atomic E-state index is 0.0472. The monoisotopic (exact) mass is 380 g/mol. The zero-order valence-corrected chi connectivity index (χ0v) is 16.2. The molecule has 0 aliphatic rings. The molecule has 0 unspecified atom stereocenters. The number of nitrogens with two attached hydrogens (primary N) is 1. The number of rotatable bonds is 8. The number of aromatic nitrogens is 3. The van der Waals surface area contributed by atoms with Crippen LogP contribution in [0.15, 0.2) is 41.2 Å². The Hall–Kier alpha value is -3.42. The highest BCUT2D eigenvalue weighted by atomic mass is 16.6. The first-order chi connectivity index (χ1) is 13.4. The number of nitrogens with one attached hydrogen (secondary N) is 2. The van der Waals surface area contributed by atoms with Gasteiger partial charge in [-0.2, -0.15) is 0 Å². The number of hydrogen-bond acceptors (Lipinski definition) is 8. The molecular formula is C20H24N6O2. The molecule has 0 saturated carbocycles. The van der Waals surface area contributed by atoms with E-state index in [9.17, 15) is 0 Å². The Bertz CT molecular complexity index is 967. The molecule has 0 aliphatic carbocycles. The summed E-state index contributed by atoms with van der Waals surface area (Å²) in [5, 5.41) is 19.5. The Morgan fingerprint density at radius 2 is 2.07 bits per heavy atom. The lowest BCUT2D eigenvalue weighted by Gasteiger charge is -2.14. The molecule has 4 N–H and O–H groups in total. The van der Waals surface area contributed by atoms with Crippen molar-refractivity contribution in [2.24, 2.45) is 0 Å². The van der Waals surface area contributed by atoms with E-state index in [2.05, 4.69) is 20.6 Å². The second-order valence-electron chi connectivity index (χ2n) is 6.69. The number of anilines is 2. The summed E-state index contributed by atoms with van der Waals surface area (Å²) in [5.41, 5.74) is 9.87. The number of aryl methyl sites for hydroxylation is 1. The van der Waals surface area contributed by atoms with Crippen LogP contribution in [0.4, 0.5) is 11.5 Å². The quantitative estimate of drug-likeness (QED) is 0.405. The van der Waals surface area contributed by atoms with Gasteiger partial charge in [0.1, 0.15) is 23.0 Å². The van der Waals surface area contributed by atoms with Crippen molar-refractivity contribution < 1.29 is 9.37 Å². The van der Waals surface area contributed by atoms with Crippen LogP contribution in [-0.4, -0.2) is 33.7 Å². The molecule has 1 aromatic carbocycles. The Morgan fingerprint density at radius 3 is 2.79 bits per heavy atom. The molecule has 0 spiro atoms. The fraction of sp³-hybridized carbons (Fsp3) is 0.300. The van der Waals surface area contributed by atoms with Gasteiger partial charge in [-0.1, -0.05) is 10.3 Å². The third kappa shape index (κ3) is 4.64. The van der Waals surface area contributed by atoms with E-state index < -0.39 is 0 Å². The molecule has 146 valence electrons. The predicted molar refractivity (Wildman–Crippen MR) is 108 cm³/mol. The van der Waals surface area contributed by atoms with E-state index in [1.807, 2.05) is 32.9 Å². The van der Waals surface area contributed by atoms with E-state index in [4.69, 9.17) is 20.5 Å². The van der Waals surface area contributed by atoms with Gasteiger partial charge in [0.15, 0.2) is 0 Å². The lowest BCUT2D eigenvalue weighted by Crippen LogP contribution is -2.11. The summed E-state index contributed by atoms with van der Waals surface area (Å²) in [6.45, 7) is 6.39. The van der Waals surface area contributed by atoms with Crippen LogP contribution in [0.5, 0.6) is 5.75 Å². The maximum absolute atomic E-state index is 8.58. The van der Waals surface area contributed by atoms with Crippen molar-refractivity contribution in [2.75, 3.05) is 17.6 Å². The molecule has 0 bridgehead atoms. The van der Waals surface area contributed by atoms with Crippen molar-refractivity contribution in [3.8, 4) is 5.75 Å². The molecule has 0 radical (unpaired) electrons. The molecule has 8 nitrogen and oxygen atoms in total. The third-order valence-electron chi connectivity index (χ3n) is 4.13. The molecule has 0 fully saturated rings. The molecule has 2 heterocycles. The molecule has 0 aliphatic heterocycles. The zero-order valence-electron chi connectivity index (χ0n) is 16.2. The Kier molecular flexibility index (Phi) is 5.88. The molecule has 2 aromatic heterocycles. The normalized spacial score (nSPS) is 10.9. The Morgan fingerprint density at radius 1 is 1.25 bits per heavy atom. The number of benzene rings is 1. The molecular weight excluding hydrogens is 356 g/mol. The van der Waals surface area contributed by atoms with Crippen LogP contribution in [0, 0.1) is 12.3 Å². The maximum Gasteiger partial charge on any atom is 0.126 e. The van der Waals surface area contributed by atoms with E-state index in [0.29, 0.717) is 47.1 Å². The fourth-order valence-corrected chi connectivity index (χ4v) is 2.72. The molecule has 0 saturated heterocycles. The van der Waals surface area contributed by atoms with Gasteiger partial charge < -0.3 is 15.8 Å². The van der Waals surface area contributed by atoms with Crippen LogP contribution in [0.25, 0.3) is 0 Å². The number of ether oxygens (including phenoxy) is 1. The van der Waals surface area contributed by atoms with Gasteiger partial charge in [-0.05, 0) is 51.1 Å². The maximum atomic E-state index is 8.58. The first-order valence-corrected chi connectivity index (χ1v) is 9.07. The molecule has 8 heteroatoms. The lowest BCUT2D eigenvalue weighted by molar-refractivity contribution is 0.242. The average Bonchev–Trinajstić information content (AvgIpc) is 3.07. The topological polar surface area (TPSA) is 123 Å². The number of hydrogen-bond donors (Lipinski definition) is 3. The van der Waals surface area contributed by atoms with Gasteiger partial charge in [-0.25, -0.2) is 9.61 Å². The van der Waals surface area contributed by atoms with Crippen LogP contribution < -0.4 is 15.8 Å². The Labute approximate surface area is 163 Å². The van der Waals surface area contributed by atoms with Gasteiger partial charge in [0.25, 0.3) is 0 Å². The van der Waals surface area contributed by atoms with E-state index in [0.717, 1.165) is 11.4 Å². The number of nitrogens with zero attached hydrogens (tertiary/aromatic N) is 3. The minimum atomic E-state index is 0.0472. The SMILES string of the molecule is Cc1nonc1CCNc1cc(C(=N)c2cc(OC(C)C)ccc2N)ccn1. The molecule has 0 amide bonds. The van der Waals surface area contributed by atoms with Crippen molar-refractivity contribution in [1.82, 2.24) is 15.3 Å². The van der Waals surface area contributed by atoms with Gasteiger partial charge in [0.2, 0.25) is 0 Å². The third-order valence-corrected chi connectivity index (χ3v) is 4.13. The first-order valence-electron chi connectivity index (χ1n) is 9.07. The van der Waals surface area contributed by atoms with Crippen LogP contribution in [-0.2, 0) is 6.42 Å². The number of pyridine rings is 1. The van der Waals surface area contributed by atoms with Crippen molar-refractivity contribution in [3.05, 3.63) is 59.0 Å². The van der Waals surface area contributed by atoms with E-state index in [1.54, 1.807) is 24.4 Å². The largest absolute Gasteiger partial charge is 0.491 e. The summed E-state index contributed by atoms with van der Waals surface area (Å²) >= 11 is 0. The minimum Gasteiger partial charge on any atom is -0.491 e. The van der Waals surface area contributed by atoms with Crippen molar-refractivity contribution in [1.29, 1.82) is 5.41 Å². The van der Waals surface area contributed by atoms with Gasteiger partial charge in [-0.15, -0.1) is 0 Å². The summed E-state index contributed by atoms with van der Waals surface area (Å²) in [6.07, 6.45) is 2.38. The highest BCUT2D eigenvalue weighted by Gasteiger charge is 2.12. The van der Waals surface area contributed by atoms with Crippen molar-refractivity contribution in [2.45, 2.75) is 33.3 Å². The van der Waals surface area contributed by atoms with Crippen LogP contribution >= 0.6 is 0 Å². The molecule has 0 atom stereocenters. The number of nitrogen functional groups attached to an aromatic ring is 1. The second kappa shape index (κ2) is 8.51. The summed E-state index contributed by atoms with van der Waals surface area (Å²) in [7, 11) is 0. The van der Waals surface area contributed by atoms with Crippen LogP contribution in [0.2, 0.25) is 0 Å². The predicted octanol–water partition coefficient (Wildman–Crippen LogP) is 3.21. The van der Waals surface area contributed by atoms with Gasteiger partial charge >= 0.3 is 0 Å². The highest BCUT2D eigenvalue weighted by molar-refractivity contribution is 6.14. The average molecular weight is 380 g/mol. The summed E-state index contributed by atoms with van der Waals surface area (Å²) < 4.78 is 10.4. The van der Waals surface area contributed by atoms with Gasteiger partial charge in [-0.3, -0.25) is 5.41 Å². The highest BCUT2D eigenvalue weighted by Crippen LogP contribution is 2.24. The first kappa shape index (κ1) is 19.3. The fourth-order valence-electron chi connectivity index (χ4n) is 2.72. The van der Waals surface area contributed by atoms with E-state index in [1.165, 1.54) is 0 Å². The Balaban J connectivity index is 1.72. The second-order valence-corrected chi connectivity index (χ2v) is 6.69. The zero-order chi connectivity index (χ0) is 20.1. The van der Waals surface area contributed by atoms with Crippen molar-refractivity contribution >= 4 is 17.2 Å². The smallest absolute Gasteiger partial charge is 0.126 e. The molecule has 3 aromatic rings. The molecule has 3 rings (SSSR count). The van der Waals surface area contributed by atoms with Crippen LogP contribution in [0.3, 0.4) is 0 Å². The summed E-state index contributed by atoms with van der Waals surface area (Å²) in [6, 6.07) is 8.98. The van der Waals surface area contributed by atoms with E-state index in [-0.39, 0.29) is 6.10 Å². The standard InChI is InChI=1S/C20H24N6O2/c1-12(2)27-15-4-5-17(21)16(11-15)20(22)14-6-8-23-19(10-14)24-9-7-18-13(3)25-28-26-18/h4-6,8,10-12,22H,7,9,21H2,1-3H3,(H,23,24). The summed E-state index contributed by atoms with van der Waals surface area (Å²) in [4.78, 5) is 4.31. The molecule has 28 heavy (non-hydrogen) atoms. The van der Waals surface area contributed by atoms with Gasteiger partial charge in [0.05, 0.1) is 11.8 Å². The van der Waals surface area contributed by atoms with Crippen molar-refractivity contribution in [3.63, 3.8) is 0 Å². The lowest BCUT2D eigenvalue weighted by atomic mass is 10.0. The van der Waals surface area contributed by atoms with Crippen LogP contribution in [0.1, 0.15) is 36.4 Å². The van der Waals surface area contributed by atoms with E-state index >= 15 is 0 Å². The summed E-state index contributed by atoms with van der Waals surface area (Å²) in [5.74, 6) is 1.36. The van der Waals surface area contributed by atoms with Gasteiger partial charge in [0, 0.05) is 36.0 Å².